The average Bonchev–Trinajstić information content (AvgIpc) is 2.18. The van der Waals surface area contributed by atoms with Gasteiger partial charge in [0.25, 0.3) is 0 Å². The molecule has 1 rings (SSSR count). The maximum atomic E-state index is 11.1. The fraction of sp³-hybridized carbons (Fsp3) is 0.500. The normalized spacial score (nSPS) is 9.86. The van der Waals surface area contributed by atoms with E-state index in [0.717, 1.165) is 12.8 Å². The topological polar surface area (TPSA) is 52.1 Å². The van der Waals surface area contributed by atoms with Crippen LogP contribution in [0.3, 0.4) is 0 Å². The second kappa shape index (κ2) is 5.32. The van der Waals surface area contributed by atoms with Gasteiger partial charge in [-0.25, -0.2) is 4.98 Å². The zero-order valence-corrected chi connectivity index (χ0v) is 8.49. The molecule has 1 aromatic heterocycles. The van der Waals surface area contributed by atoms with Crippen molar-refractivity contribution in [1.29, 1.82) is 0 Å². The van der Waals surface area contributed by atoms with E-state index in [2.05, 4.69) is 9.97 Å². The van der Waals surface area contributed by atoms with Crippen LogP contribution in [0.1, 0.15) is 32.5 Å². The third kappa shape index (κ3) is 3.12. The van der Waals surface area contributed by atoms with E-state index < -0.39 is 0 Å². The summed E-state index contributed by atoms with van der Waals surface area (Å²) in [5, 5.41) is 0. The van der Waals surface area contributed by atoms with Crippen LogP contribution >= 0.6 is 0 Å². The Morgan fingerprint density at radius 3 is 2.93 bits per heavy atom. The molecule has 0 aliphatic rings. The third-order valence-corrected chi connectivity index (χ3v) is 1.67. The number of ether oxygens (including phenoxy) is 1. The van der Waals surface area contributed by atoms with Gasteiger partial charge in [0.1, 0.15) is 5.82 Å². The van der Waals surface area contributed by atoms with Gasteiger partial charge in [-0.2, -0.15) is 4.98 Å². The molecular weight excluding hydrogens is 180 g/mol. The van der Waals surface area contributed by atoms with Gasteiger partial charge >= 0.3 is 5.97 Å². The lowest BCUT2D eigenvalue weighted by molar-refractivity contribution is -0.134. The van der Waals surface area contributed by atoms with Gasteiger partial charge in [0.2, 0.25) is 5.88 Å². The first kappa shape index (κ1) is 10.6. The molecule has 0 aliphatic carbocycles. The molecule has 4 nitrogen and oxygen atoms in total. The Hall–Kier alpha value is -1.45. The van der Waals surface area contributed by atoms with Crippen molar-refractivity contribution in [3.05, 3.63) is 18.1 Å². The Morgan fingerprint density at radius 2 is 2.29 bits per heavy atom. The van der Waals surface area contributed by atoms with Crippen LogP contribution in [0.5, 0.6) is 5.88 Å². The van der Waals surface area contributed by atoms with Crippen LogP contribution in [0.15, 0.2) is 12.3 Å². The van der Waals surface area contributed by atoms with Gasteiger partial charge in [-0.3, -0.25) is 4.79 Å². The minimum atomic E-state index is -0.242. The SMILES string of the molecule is CCCC(=O)Oc1ccnc(CC)n1. The molecule has 0 saturated carbocycles. The predicted octanol–water partition coefficient (Wildman–Crippen LogP) is 1.74. The third-order valence-electron chi connectivity index (χ3n) is 1.67. The van der Waals surface area contributed by atoms with Crippen LogP contribution in [0, 0.1) is 0 Å². The van der Waals surface area contributed by atoms with Gasteiger partial charge in [0, 0.05) is 25.1 Å². The molecule has 0 amide bonds. The van der Waals surface area contributed by atoms with Crippen LogP contribution in [0.2, 0.25) is 0 Å². The summed E-state index contributed by atoms with van der Waals surface area (Å²) in [4.78, 5) is 19.2. The fourth-order valence-corrected chi connectivity index (χ4v) is 0.979. The van der Waals surface area contributed by atoms with Gasteiger partial charge in [-0.1, -0.05) is 13.8 Å². The van der Waals surface area contributed by atoms with E-state index in [0.29, 0.717) is 18.1 Å². The molecule has 0 saturated heterocycles. The molecule has 0 aromatic carbocycles. The van der Waals surface area contributed by atoms with Crippen molar-refractivity contribution < 1.29 is 9.53 Å². The number of aromatic nitrogens is 2. The van der Waals surface area contributed by atoms with Gasteiger partial charge in [0.15, 0.2) is 0 Å². The van der Waals surface area contributed by atoms with Crippen LogP contribution < -0.4 is 4.74 Å². The van der Waals surface area contributed by atoms with E-state index in [4.69, 9.17) is 4.74 Å². The highest BCUT2D eigenvalue weighted by Gasteiger charge is 2.04. The molecule has 0 bridgehead atoms. The van der Waals surface area contributed by atoms with Crippen molar-refractivity contribution in [3.8, 4) is 5.88 Å². The number of hydrogen-bond acceptors (Lipinski definition) is 4. The molecular formula is C10H14N2O2. The lowest BCUT2D eigenvalue weighted by Gasteiger charge is -2.02. The van der Waals surface area contributed by atoms with E-state index in [9.17, 15) is 4.79 Å². The minimum Gasteiger partial charge on any atom is -0.407 e. The van der Waals surface area contributed by atoms with Gasteiger partial charge in [-0.05, 0) is 6.42 Å². The zero-order chi connectivity index (χ0) is 10.4. The maximum absolute atomic E-state index is 11.1. The lowest BCUT2D eigenvalue weighted by Crippen LogP contribution is -2.09. The second-order valence-corrected chi connectivity index (χ2v) is 2.89. The molecule has 0 fully saturated rings. The number of hydrogen-bond donors (Lipinski definition) is 0. The highest BCUT2D eigenvalue weighted by molar-refractivity contribution is 5.71. The number of carbonyl (C=O) groups is 1. The predicted molar refractivity (Wildman–Crippen MR) is 52.0 cm³/mol. The molecule has 76 valence electrons. The maximum Gasteiger partial charge on any atom is 0.312 e. The van der Waals surface area contributed by atoms with Crippen LogP contribution in [0.25, 0.3) is 0 Å². The number of aryl methyl sites for hydroxylation is 1. The van der Waals surface area contributed by atoms with E-state index in [-0.39, 0.29) is 5.97 Å². The zero-order valence-electron chi connectivity index (χ0n) is 8.49. The molecule has 0 N–H and O–H groups in total. The van der Waals surface area contributed by atoms with Crippen molar-refractivity contribution in [1.82, 2.24) is 9.97 Å². The van der Waals surface area contributed by atoms with Gasteiger partial charge < -0.3 is 4.74 Å². The van der Waals surface area contributed by atoms with Crippen LogP contribution in [0.4, 0.5) is 0 Å². The first-order chi connectivity index (χ1) is 6.76. The van der Waals surface area contributed by atoms with Crippen molar-refractivity contribution in [3.63, 3.8) is 0 Å². The van der Waals surface area contributed by atoms with Gasteiger partial charge in [0.05, 0.1) is 0 Å². The summed E-state index contributed by atoms with van der Waals surface area (Å²) in [6, 6.07) is 1.59. The summed E-state index contributed by atoms with van der Waals surface area (Å²) in [5.41, 5.74) is 0. The molecule has 0 atom stereocenters. The molecule has 4 heteroatoms. The highest BCUT2D eigenvalue weighted by atomic mass is 16.5. The van der Waals surface area contributed by atoms with Crippen molar-refractivity contribution in [2.24, 2.45) is 0 Å². The molecule has 1 heterocycles. The van der Waals surface area contributed by atoms with E-state index >= 15 is 0 Å². The average molecular weight is 194 g/mol. The summed E-state index contributed by atoms with van der Waals surface area (Å²) in [5.74, 6) is 0.787. The van der Waals surface area contributed by atoms with Crippen molar-refractivity contribution >= 4 is 5.97 Å². The number of carbonyl (C=O) groups excluding carboxylic acids is 1. The van der Waals surface area contributed by atoms with E-state index in [1.54, 1.807) is 12.3 Å². The second-order valence-electron chi connectivity index (χ2n) is 2.89. The summed E-state index contributed by atoms with van der Waals surface area (Å²) in [6.07, 6.45) is 3.54. The van der Waals surface area contributed by atoms with Crippen LogP contribution in [-0.2, 0) is 11.2 Å². The molecule has 0 radical (unpaired) electrons. The van der Waals surface area contributed by atoms with Crippen molar-refractivity contribution in [2.75, 3.05) is 0 Å². The first-order valence-corrected chi connectivity index (χ1v) is 4.78. The smallest absolute Gasteiger partial charge is 0.312 e. The Labute approximate surface area is 83.3 Å². The Balaban J connectivity index is 2.62. The Kier molecular flexibility index (Phi) is 4.04. The van der Waals surface area contributed by atoms with E-state index in [1.807, 2.05) is 13.8 Å². The Morgan fingerprint density at radius 1 is 1.50 bits per heavy atom. The summed E-state index contributed by atoms with van der Waals surface area (Å²) >= 11 is 0. The molecule has 0 spiro atoms. The lowest BCUT2D eigenvalue weighted by atomic mass is 10.3. The van der Waals surface area contributed by atoms with Crippen LogP contribution in [-0.4, -0.2) is 15.9 Å². The fourth-order valence-electron chi connectivity index (χ4n) is 0.979. The number of esters is 1. The largest absolute Gasteiger partial charge is 0.407 e. The highest BCUT2D eigenvalue weighted by Crippen LogP contribution is 2.06. The quantitative estimate of drug-likeness (QED) is 0.685. The Bertz CT molecular complexity index is 313. The van der Waals surface area contributed by atoms with Crippen molar-refractivity contribution in [2.45, 2.75) is 33.1 Å². The van der Waals surface area contributed by atoms with Gasteiger partial charge in [-0.15, -0.1) is 0 Å². The number of rotatable bonds is 4. The number of nitrogens with zero attached hydrogens (tertiary/aromatic N) is 2. The molecule has 14 heavy (non-hydrogen) atoms. The first-order valence-electron chi connectivity index (χ1n) is 4.78. The van der Waals surface area contributed by atoms with E-state index in [1.165, 1.54) is 0 Å². The summed E-state index contributed by atoms with van der Waals surface area (Å²) < 4.78 is 5.01. The minimum absolute atomic E-state index is 0.242. The summed E-state index contributed by atoms with van der Waals surface area (Å²) in [6.45, 7) is 3.88. The molecule has 0 aliphatic heterocycles. The molecule has 1 aromatic rings. The standard InChI is InChI=1S/C10H14N2O2/c1-3-5-10(13)14-9-6-7-11-8(4-2)12-9/h6-7H,3-5H2,1-2H3. The monoisotopic (exact) mass is 194 g/mol. The molecule has 0 unspecified atom stereocenters. The summed E-state index contributed by atoms with van der Waals surface area (Å²) in [7, 11) is 0.